The highest BCUT2D eigenvalue weighted by Crippen LogP contribution is 2.28. The van der Waals surface area contributed by atoms with Crippen LogP contribution in [-0.4, -0.2) is 53.2 Å². The lowest BCUT2D eigenvalue weighted by Gasteiger charge is -2.41. The third kappa shape index (κ3) is 2.73. The summed E-state index contributed by atoms with van der Waals surface area (Å²) in [5.74, 6) is 0. The maximum Gasteiger partial charge on any atom is 0.410 e. The Morgan fingerprint density at radius 1 is 1.35 bits per heavy atom. The van der Waals surface area contributed by atoms with Gasteiger partial charge in [0.1, 0.15) is 5.60 Å². The summed E-state index contributed by atoms with van der Waals surface area (Å²) in [6.07, 6.45) is 1.97. The van der Waals surface area contributed by atoms with Crippen molar-refractivity contribution in [1.29, 1.82) is 0 Å². The van der Waals surface area contributed by atoms with Gasteiger partial charge in [0.15, 0.2) is 0 Å². The number of hydrogen-bond donors (Lipinski definition) is 0. The van der Waals surface area contributed by atoms with Crippen molar-refractivity contribution in [3.05, 3.63) is 0 Å². The topological polar surface area (TPSA) is 32.8 Å². The molecule has 2 heterocycles. The summed E-state index contributed by atoms with van der Waals surface area (Å²) >= 11 is 0. The van der Waals surface area contributed by atoms with Crippen molar-refractivity contribution in [2.45, 2.75) is 58.2 Å². The van der Waals surface area contributed by atoms with Crippen molar-refractivity contribution in [2.24, 2.45) is 0 Å². The highest BCUT2D eigenvalue weighted by molar-refractivity contribution is 5.69. The zero-order valence-electron chi connectivity index (χ0n) is 11.4. The van der Waals surface area contributed by atoms with Crippen LogP contribution in [0.5, 0.6) is 0 Å². The summed E-state index contributed by atoms with van der Waals surface area (Å²) in [7, 11) is 0. The van der Waals surface area contributed by atoms with Gasteiger partial charge in [-0.15, -0.1) is 0 Å². The molecule has 1 amide bonds. The minimum atomic E-state index is -0.398. The predicted octanol–water partition coefficient (Wildman–Crippen LogP) is 2.09. The third-order valence-electron chi connectivity index (χ3n) is 3.58. The summed E-state index contributed by atoms with van der Waals surface area (Å²) in [5.41, 5.74) is -0.398. The summed E-state index contributed by atoms with van der Waals surface area (Å²) in [4.78, 5) is 16.7. The highest BCUT2D eigenvalue weighted by Gasteiger charge is 2.42. The Balaban J connectivity index is 2.08. The number of amides is 1. The average molecular weight is 240 g/mol. The van der Waals surface area contributed by atoms with Crippen LogP contribution in [0.15, 0.2) is 0 Å². The van der Waals surface area contributed by atoms with Crippen LogP contribution in [0, 0.1) is 0 Å². The Labute approximate surface area is 104 Å². The van der Waals surface area contributed by atoms with Gasteiger partial charge < -0.3 is 4.74 Å². The molecule has 17 heavy (non-hydrogen) atoms. The van der Waals surface area contributed by atoms with Crippen molar-refractivity contribution in [1.82, 2.24) is 9.80 Å². The van der Waals surface area contributed by atoms with Crippen LogP contribution < -0.4 is 0 Å². The fraction of sp³-hybridized carbons (Fsp3) is 0.923. The SMILES string of the molecule is CCC1CN2CCC(C2)N1C(=O)OC(C)(C)C. The fourth-order valence-corrected chi connectivity index (χ4v) is 2.83. The van der Waals surface area contributed by atoms with E-state index in [1.54, 1.807) is 0 Å². The van der Waals surface area contributed by atoms with Crippen LogP contribution >= 0.6 is 0 Å². The molecule has 2 rings (SSSR count). The van der Waals surface area contributed by atoms with Crippen LogP contribution in [0.25, 0.3) is 0 Å². The normalized spacial score (nSPS) is 32.7. The number of ether oxygens (including phenoxy) is 1. The van der Waals surface area contributed by atoms with E-state index in [4.69, 9.17) is 4.74 Å². The van der Waals surface area contributed by atoms with Gasteiger partial charge in [-0.05, 0) is 33.6 Å². The zero-order valence-corrected chi connectivity index (χ0v) is 11.4. The van der Waals surface area contributed by atoms with Crippen molar-refractivity contribution >= 4 is 6.09 Å². The lowest BCUT2D eigenvalue weighted by molar-refractivity contribution is -0.00648. The first-order valence-electron chi connectivity index (χ1n) is 6.64. The average Bonchev–Trinajstić information content (AvgIpc) is 2.57. The maximum absolute atomic E-state index is 12.3. The minimum absolute atomic E-state index is 0.129. The molecule has 0 spiro atoms. The van der Waals surface area contributed by atoms with Crippen LogP contribution in [0.3, 0.4) is 0 Å². The molecule has 0 aromatic carbocycles. The predicted molar refractivity (Wildman–Crippen MR) is 67.0 cm³/mol. The lowest BCUT2D eigenvalue weighted by Crippen LogP contribution is -2.56. The van der Waals surface area contributed by atoms with Gasteiger partial charge in [0, 0.05) is 31.7 Å². The molecule has 2 bridgehead atoms. The van der Waals surface area contributed by atoms with E-state index in [0.29, 0.717) is 12.1 Å². The largest absolute Gasteiger partial charge is 0.444 e. The molecule has 3 atom stereocenters. The monoisotopic (exact) mass is 240 g/mol. The number of fused-ring (bicyclic) bond motifs is 2. The molecule has 4 heteroatoms. The number of hydrogen-bond acceptors (Lipinski definition) is 3. The van der Waals surface area contributed by atoms with Gasteiger partial charge in [-0.3, -0.25) is 9.80 Å². The molecule has 0 radical (unpaired) electrons. The maximum atomic E-state index is 12.3. The smallest absolute Gasteiger partial charge is 0.410 e. The minimum Gasteiger partial charge on any atom is -0.444 e. The van der Waals surface area contributed by atoms with Gasteiger partial charge in [0.05, 0.1) is 0 Å². The van der Waals surface area contributed by atoms with Gasteiger partial charge in [-0.2, -0.15) is 0 Å². The van der Waals surface area contributed by atoms with Gasteiger partial charge >= 0.3 is 6.09 Å². The number of nitrogens with zero attached hydrogens (tertiary/aromatic N) is 2. The van der Waals surface area contributed by atoms with Crippen molar-refractivity contribution in [3.8, 4) is 0 Å². The van der Waals surface area contributed by atoms with Crippen LogP contribution in [0.4, 0.5) is 4.79 Å². The Kier molecular flexibility index (Phi) is 3.34. The molecule has 0 aliphatic carbocycles. The first kappa shape index (κ1) is 12.7. The summed E-state index contributed by atoms with van der Waals surface area (Å²) < 4.78 is 5.53. The summed E-state index contributed by atoms with van der Waals surface area (Å²) in [5, 5.41) is 0. The van der Waals surface area contributed by atoms with Crippen LogP contribution in [-0.2, 0) is 4.74 Å². The van der Waals surface area contributed by atoms with Crippen LogP contribution in [0.1, 0.15) is 40.5 Å². The van der Waals surface area contributed by atoms with E-state index < -0.39 is 5.60 Å². The molecule has 2 aliphatic heterocycles. The van der Waals surface area contributed by atoms with E-state index in [1.807, 2.05) is 25.7 Å². The van der Waals surface area contributed by atoms with Gasteiger partial charge in [0.2, 0.25) is 0 Å². The van der Waals surface area contributed by atoms with E-state index in [-0.39, 0.29) is 6.09 Å². The van der Waals surface area contributed by atoms with Crippen LogP contribution in [0.2, 0.25) is 0 Å². The molecule has 3 unspecified atom stereocenters. The van der Waals surface area contributed by atoms with Crippen molar-refractivity contribution in [2.75, 3.05) is 19.6 Å². The fourth-order valence-electron chi connectivity index (χ4n) is 2.83. The van der Waals surface area contributed by atoms with E-state index in [0.717, 1.165) is 32.5 Å². The standard InChI is InChI=1S/C13H24N2O2/c1-5-10-8-14-7-6-11(9-14)15(10)12(16)17-13(2,3)4/h10-11H,5-9H2,1-4H3. The number of carbonyl (C=O) groups is 1. The molecule has 2 fully saturated rings. The van der Waals surface area contributed by atoms with Gasteiger partial charge in [-0.25, -0.2) is 4.79 Å². The van der Waals surface area contributed by atoms with E-state index in [9.17, 15) is 4.79 Å². The number of carbonyl (C=O) groups excluding carboxylic acids is 1. The molecule has 4 nitrogen and oxygen atoms in total. The van der Waals surface area contributed by atoms with E-state index in [2.05, 4.69) is 11.8 Å². The second-order valence-corrected chi connectivity index (χ2v) is 6.15. The molecule has 0 aromatic heterocycles. The quantitative estimate of drug-likeness (QED) is 0.703. The molecular weight excluding hydrogens is 216 g/mol. The van der Waals surface area contributed by atoms with Gasteiger partial charge in [0.25, 0.3) is 0 Å². The van der Waals surface area contributed by atoms with Gasteiger partial charge in [-0.1, -0.05) is 6.92 Å². The Hall–Kier alpha value is -0.770. The molecule has 2 aliphatic rings. The van der Waals surface area contributed by atoms with E-state index >= 15 is 0 Å². The molecule has 0 saturated carbocycles. The van der Waals surface area contributed by atoms with Crippen molar-refractivity contribution in [3.63, 3.8) is 0 Å². The number of rotatable bonds is 1. The molecule has 98 valence electrons. The first-order valence-corrected chi connectivity index (χ1v) is 6.64. The van der Waals surface area contributed by atoms with Crippen molar-refractivity contribution < 1.29 is 9.53 Å². The summed E-state index contributed by atoms with van der Waals surface area (Å²) in [6.45, 7) is 11.1. The zero-order chi connectivity index (χ0) is 12.6. The second kappa shape index (κ2) is 4.48. The summed E-state index contributed by atoms with van der Waals surface area (Å²) in [6, 6.07) is 0.689. The molecular formula is C13H24N2O2. The number of piperazine rings is 1. The Morgan fingerprint density at radius 3 is 2.65 bits per heavy atom. The Morgan fingerprint density at radius 2 is 2.06 bits per heavy atom. The molecule has 2 saturated heterocycles. The second-order valence-electron chi connectivity index (χ2n) is 6.15. The molecule has 0 aromatic rings. The molecule has 0 N–H and O–H groups in total. The lowest BCUT2D eigenvalue weighted by atomic mass is 10.1. The highest BCUT2D eigenvalue weighted by atomic mass is 16.6. The first-order chi connectivity index (χ1) is 7.90. The Bertz CT molecular complexity index is 298. The van der Waals surface area contributed by atoms with E-state index in [1.165, 1.54) is 0 Å². The third-order valence-corrected chi connectivity index (χ3v) is 3.58.